The number of imidazole rings is 1. The Hall–Kier alpha value is -0.940. The van der Waals surface area contributed by atoms with Gasteiger partial charge >= 0.3 is 0 Å². The Morgan fingerprint density at radius 3 is 3.18 bits per heavy atom. The second-order valence-corrected chi connectivity index (χ2v) is 5.92. The fourth-order valence-electron chi connectivity index (χ4n) is 3.29. The molecule has 2 aliphatic heterocycles. The molecule has 4 rings (SSSR count). The van der Waals surface area contributed by atoms with E-state index in [1.807, 2.05) is 6.20 Å². The molecule has 0 aliphatic carbocycles. The van der Waals surface area contributed by atoms with E-state index in [0.29, 0.717) is 12.1 Å². The number of hydrogen-bond donors (Lipinski definition) is 0. The van der Waals surface area contributed by atoms with Crippen LogP contribution in [-0.4, -0.2) is 32.4 Å². The average Bonchev–Trinajstić information content (AvgIpc) is 2.76. The number of halogens is 1. The number of hydrogen-bond acceptors (Lipinski definition) is 3. The molecule has 2 atom stereocenters. The predicted molar refractivity (Wildman–Crippen MR) is 67.9 cm³/mol. The van der Waals surface area contributed by atoms with Gasteiger partial charge in [0.25, 0.3) is 0 Å². The lowest BCUT2D eigenvalue weighted by Gasteiger charge is -2.30. The number of rotatable bonds is 0. The summed E-state index contributed by atoms with van der Waals surface area (Å²) in [6.45, 7) is 0. The van der Waals surface area contributed by atoms with Crippen LogP contribution in [-0.2, 0) is 6.42 Å². The first kappa shape index (κ1) is 10.0. The summed E-state index contributed by atoms with van der Waals surface area (Å²) in [7, 11) is 2.23. The summed E-state index contributed by atoms with van der Waals surface area (Å²) in [5.41, 5.74) is 2.60. The molecule has 0 spiro atoms. The van der Waals surface area contributed by atoms with Crippen molar-refractivity contribution in [2.75, 3.05) is 7.05 Å². The van der Waals surface area contributed by atoms with Crippen LogP contribution in [0.4, 0.5) is 0 Å². The first-order valence-corrected chi connectivity index (χ1v) is 6.77. The van der Waals surface area contributed by atoms with Crippen molar-refractivity contribution in [1.29, 1.82) is 0 Å². The van der Waals surface area contributed by atoms with Crippen molar-refractivity contribution in [2.45, 2.75) is 31.3 Å². The number of aromatic nitrogens is 3. The quantitative estimate of drug-likeness (QED) is 0.746. The second kappa shape index (κ2) is 3.29. The van der Waals surface area contributed by atoms with Gasteiger partial charge in [0, 0.05) is 24.9 Å². The van der Waals surface area contributed by atoms with Crippen molar-refractivity contribution < 1.29 is 0 Å². The summed E-state index contributed by atoms with van der Waals surface area (Å²) in [6, 6.07) is 1.20. The maximum Gasteiger partial charge on any atom is 0.234 e. The Kier molecular flexibility index (Phi) is 1.94. The van der Waals surface area contributed by atoms with Crippen LogP contribution in [0.5, 0.6) is 0 Å². The molecular weight excluding hydrogens is 280 g/mol. The zero-order chi connectivity index (χ0) is 11.6. The van der Waals surface area contributed by atoms with Crippen molar-refractivity contribution in [3.63, 3.8) is 0 Å². The Bertz CT molecular complexity index is 606. The molecule has 2 aliphatic rings. The van der Waals surface area contributed by atoms with Gasteiger partial charge in [-0.25, -0.2) is 9.97 Å². The molecule has 2 aromatic heterocycles. The van der Waals surface area contributed by atoms with Gasteiger partial charge in [-0.05, 0) is 35.8 Å². The predicted octanol–water partition coefficient (Wildman–Crippen LogP) is 2.18. The van der Waals surface area contributed by atoms with Gasteiger partial charge in [-0.1, -0.05) is 0 Å². The maximum atomic E-state index is 4.67. The van der Waals surface area contributed by atoms with E-state index in [4.69, 9.17) is 0 Å². The normalized spacial score (nSPS) is 27.6. The lowest BCUT2D eigenvalue weighted by atomic mass is 10.0. The zero-order valence-electron chi connectivity index (χ0n) is 9.60. The van der Waals surface area contributed by atoms with Crippen molar-refractivity contribution in [2.24, 2.45) is 0 Å². The van der Waals surface area contributed by atoms with E-state index in [1.54, 1.807) is 0 Å². The summed E-state index contributed by atoms with van der Waals surface area (Å²) in [5, 5.41) is 0. The van der Waals surface area contributed by atoms with Crippen LogP contribution in [0.15, 0.2) is 16.9 Å². The molecule has 0 saturated carbocycles. The minimum absolute atomic E-state index is 0.523. The average molecular weight is 293 g/mol. The molecule has 1 saturated heterocycles. The van der Waals surface area contributed by atoms with Crippen molar-refractivity contribution in [3.8, 4) is 0 Å². The van der Waals surface area contributed by atoms with Crippen LogP contribution in [0, 0.1) is 0 Å². The standard InChI is InChI=1S/C12H13BrN4/c1-16-8-2-3-10(16)11-9(4-8)15-12-14-5-7(13)6-17(11)12/h5-6,8,10H,2-4H2,1H3. The summed E-state index contributed by atoms with van der Waals surface area (Å²) < 4.78 is 3.16. The van der Waals surface area contributed by atoms with Gasteiger partial charge in [0.05, 0.1) is 21.9 Å². The van der Waals surface area contributed by atoms with Crippen molar-refractivity contribution >= 4 is 21.7 Å². The van der Waals surface area contributed by atoms with Gasteiger partial charge in [0.1, 0.15) is 0 Å². The van der Waals surface area contributed by atoms with Crippen LogP contribution < -0.4 is 0 Å². The van der Waals surface area contributed by atoms with E-state index in [-0.39, 0.29) is 0 Å². The van der Waals surface area contributed by atoms with Gasteiger partial charge in [-0.2, -0.15) is 0 Å². The third-order valence-electron chi connectivity index (χ3n) is 4.15. The molecular formula is C12H13BrN4. The number of nitrogens with zero attached hydrogens (tertiary/aromatic N) is 4. The zero-order valence-corrected chi connectivity index (χ0v) is 11.2. The fraction of sp³-hybridized carbons (Fsp3) is 0.500. The lowest BCUT2D eigenvalue weighted by Crippen LogP contribution is -2.34. The highest BCUT2D eigenvalue weighted by atomic mass is 79.9. The van der Waals surface area contributed by atoms with Gasteiger partial charge in [-0.3, -0.25) is 9.30 Å². The smallest absolute Gasteiger partial charge is 0.234 e. The Labute approximate surface area is 108 Å². The Balaban J connectivity index is 2.02. The molecule has 17 heavy (non-hydrogen) atoms. The van der Waals surface area contributed by atoms with Gasteiger partial charge in [-0.15, -0.1) is 0 Å². The fourth-order valence-corrected chi connectivity index (χ4v) is 3.59. The van der Waals surface area contributed by atoms with Crippen LogP contribution in [0.25, 0.3) is 5.78 Å². The van der Waals surface area contributed by atoms with Crippen molar-refractivity contribution in [1.82, 2.24) is 19.3 Å². The topological polar surface area (TPSA) is 33.4 Å². The second-order valence-electron chi connectivity index (χ2n) is 5.00. The summed E-state index contributed by atoms with van der Waals surface area (Å²) >= 11 is 3.49. The summed E-state index contributed by atoms with van der Waals surface area (Å²) in [6.07, 6.45) is 7.51. The number of fused-ring (bicyclic) bond motifs is 6. The van der Waals surface area contributed by atoms with Crippen LogP contribution in [0.2, 0.25) is 0 Å². The SMILES string of the molecule is CN1C2CCC1c1c(nc3ncc(Br)cn13)C2. The summed E-state index contributed by atoms with van der Waals surface area (Å²) in [5.74, 6) is 0.833. The highest BCUT2D eigenvalue weighted by Crippen LogP contribution is 2.42. The Morgan fingerprint density at radius 2 is 2.29 bits per heavy atom. The lowest BCUT2D eigenvalue weighted by molar-refractivity contribution is 0.218. The molecule has 2 bridgehead atoms. The molecule has 0 aromatic carbocycles. The highest BCUT2D eigenvalue weighted by Gasteiger charge is 2.40. The first-order chi connectivity index (χ1) is 8.24. The summed E-state index contributed by atoms with van der Waals surface area (Å²) in [4.78, 5) is 11.6. The van der Waals surface area contributed by atoms with Gasteiger partial charge < -0.3 is 0 Å². The molecule has 0 radical (unpaired) electrons. The highest BCUT2D eigenvalue weighted by molar-refractivity contribution is 9.10. The van der Waals surface area contributed by atoms with Crippen LogP contribution in [0.1, 0.15) is 30.3 Å². The molecule has 0 N–H and O–H groups in total. The molecule has 0 amide bonds. The number of likely N-dealkylation sites (N-methyl/N-ethyl adjacent to an activating group) is 1. The minimum Gasteiger partial charge on any atom is -0.294 e. The van der Waals surface area contributed by atoms with E-state index in [9.17, 15) is 0 Å². The van der Waals surface area contributed by atoms with Gasteiger partial charge in [0.2, 0.25) is 5.78 Å². The van der Waals surface area contributed by atoms with Crippen LogP contribution >= 0.6 is 15.9 Å². The van der Waals surface area contributed by atoms with E-state index in [2.05, 4.69) is 48.4 Å². The molecule has 5 heteroatoms. The van der Waals surface area contributed by atoms with E-state index in [0.717, 1.165) is 16.7 Å². The molecule has 4 nitrogen and oxygen atoms in total. The van der Waals surface area contributed by atoms with Gasteiger partial charge in [0.15, 0.2) is 0 Å². The molecule has 2 aromatic rings. The molecule has 4 heterocycles. The largest absolute Gasteiger partial charge is 0.294 e. The van der Waals surface area contributed by atoms with E-state index >= 15 is 0 Å². The third-order valence-corrected chi connectivity index (χ3v) is 4.56. The van der Waals surface area contributed by atoms with E-state index < -0.39 is 0 Å². The minimum atomic E-state index is 0.523. The molecule has 1 fully saturated rings. The maximum absolute atomic E-state index is 4.67. The molecule has 88 valence electrons. The third kappa shape index (κ3) is 1.27. The Morgan fingerprint density at radius 1 is 1.41 bits per heavy atom. The first-order valence-electron chi connectivity index (χ1n) is 5.98. The van der Waals surface area contributed by atoms with Crippen molar-refractivity contribution in [3.05, 3.63) is 28.3 Å². The monoisotopic (exact) mass is 292 g/mol. The van der Waals surface area contributed by atoms with E-state index in [1.165, 1.54) is 24.2 Å². The van der Waals surface area contributed by atoms with Crippen LogP contribution in [0.3, 0.4) is 0 Å². The molecule has 2 unspecified atom stereocenters.